The summed E-state index contributed by atoms with van der Waals surface area (Å²) in [6, 6.07) is 17.4. The van der Waals surface area contributed by atoms with Gasteiger partial charge in [0, 0.05) is 6.54 Å². The molecule has 0 amide bonds. The van der Waals surface area contributed by atoms with Gasteiger partial charge in [-0.15, -0.1) is 0 Å². The summed E-state index contributed by atoms with van der Waals surface area (Å²) >= 11 is 0. The third-order valence-corrected chi connectivity index (χ3v) is 4.56. The van der Waals surface area contributed by atoms with E-state index in [1.165, 1.54) is 6.07 Å². The lowest BCUT2D eigenvalue weighted by molar-refractivity contribution is -0.137. The average molecular weight is 370 g/mol. The standard InChI is InChI=1S/C21H17F3N2O/c1-2-26-19-10-8-16(21(22,23)24)12-18(19)25-20(26)13-27-17-9-7-14-5-3-4-6-15(14)11-17/h3-12H,2,13H2,1H3. The van der Waals surface area contributed by atoms with Crippen LogP contribution in [0.4, 0.5) is 13.2 Å². The van der Waals surface area contributed by atoms with Crippen molar-refractivity contribution in [1.29, 1.82) is 0 Å². The smallest absolute Gasteiger partial charge is 0.416 e. The van der Waals surface area contributed by atoms with Gasteiger partial charge < -0.3 is 9.30 Å². The number of hydrogen-bond acceptors (Lipinski definition) is 2. The molecule has 0 saturated heterocycles. The second-order valence-corrected chi connectivity index (χ2v) is 6.27. The molecule has 0 radical (unpaired) electrons. The Morgan fingerprint density at radius 1 is 0.963 bits per heavy atom. The van der Waals surface area contributed by atoms with E-state index in [0.717, 1.165) is 22.9 Å². The summed E-state index contributed by atoms with van der Waals surface area (Å²) in [7, 11) is 0. The number of aromatic nitrogens is 2. The third-order valence-electron chi connectivity index (χ3n) is 4.56. The molecular weight excluding hydrogens is 353 g/mol. The van der Waals surface area contributed by atoms with Crippen molar-refractivity contribution in [3.63, 3.8) is 0 Å². The number of rotatable bonds is 4. The van der Waals surface area contributed by atoms with Crippen LogP contribution in [0.2, 0.25) is 0 Å². The second-order valence-electron chi connectivity index (χ2n) is 6.27. The Balaban J connectivity index is 1.64. The number of fused-ring (bicyclic) bond motifs is 2. The monoisotopic (exact) mass is 370 g/mol. The summed E-state index contributed by atoms with van der Waals surface area (Å²) in [4.78, 5) is 4.37. The molecule has 0 aliphatic heterocycles. The fourth-order valence-corrected chi connectivity index (χ4v) is 3.22. The molecule has 0 N–H and O–H groups in total. The number of benzene rings is 3. The van der Waals surface area contributed by atoms with E-state index < -0.39 is 11.7 Å². The lowest BCUT2D eigenvalue weighted by atomic mass is 10.1. The molecule has 3 nitrogen and oxygen atoms in total. The summed E-state index contributed by atoms with van der Waals surface area (Å²) in [5.41, 5.74) is 0.296. The van der Waals surface area contributed by atoms with Crippen molar-refractivity contribution in [1.82, 2.24) is 9.55 Å². The van der Waals surface area contributed by atoms with Crippen molar-refractivity contribution >= 4 is 21.8 Å². The number of ether oxygens (including phenoxy) is 1. The quantitative estimate of drug-likeness (QED) is 0.453. The molecule has 0 spiro atoms. The summed E-state index contributed by atoms with van der Waals surface area (Å²) in [5.74, 6) is 1.29. The maximum absolute atomic E-state index is 12.9. The van der Waals surface area contributed by atoms with Crippen LogP contribution in [0.1, 0.15) is 18.3 Å². The fourth-order valence-electron chi connectivity index (χ4n) is 3.22. The van der Waals surface area contributed by atoms with E-state index in [9.17, 15) is 13.2 Å². The van der Waals surface area contributed by atoms with Crippen molar-refractivity contribution < 1.29 is 17.9 Å². The normalized spacial score (nSPS) is 12.0. The van der Waals surface area contributed by atoms with Crippen molar-refractivity contribution in [2.45, 2.75) is 26.3 Å². The van der Waals surface area contributed by atoms with E-state index in [2.05, 4.69) is 4.98 Å². The van der Waals surface area contributed by atoms with Crippen LogP contribution >= 0.6 is 0 Å². The van der Waals surface area contributed by atoms with Crippen LogP contribution in [0.15, 0.2) is 60.7 Å². The summed E-state index contributed by atoms with van der Waals surface area (Å²) in [5, 5.41) is 2.18. The Morgan fingerprint density at radius 2 is 1.74 bits per heavy atom. The first kappa shape index (κ1) is 17.4. The molecule has 4 rings (SSSR count). The molecule has 0 bridgehead atoms. The molecule has 1 heterocycles. The Labute approximate surface area is 154 Å². The molecule has 4 aromatic rings. The van der Waals surface area contributed by atoms with E-state index in [1.54, 1.807) is 0 Å². The van der Waals surface area contributed by atoms with Crippen LogP contribution in [0.5, 0.6) is 5.75 Å². The van der Waals surface area contributed by atoms with E-state index in [0.29, 0.717) is 29.2 Å². The number of hydrogen-bond donors (Lipinski definition) is 0. The summed E-state index contributed by atoms with van der Waals surface area (Å²) in [6.07, 6.45) is -4.38. The summed E-state index contributed by atoms with van der Waals surface area (Å²) in [6.45, 7) is 2.71. The van der Waals surface area contributed by atoms with Crippen LogP contribution in [0.25, 0.3) is 21.8 Å². The minimum atomic E-state index is -4.38. The zero-order valence-corrected chi connectivity index (χ0v) is 14.6. The van der Waals surface area contributed by atoms with Crippen LogP contribution in [-0.2, 0) is 19.3 Å². The first-order valence-electron chi connectivity index (χ1n) is 8.63. The minimum absolute atomic E-state index is 0.183. The van der Waals surface area contributed by atoms with Gasteiger partial charge in [-0.05, 0) is 48.0 Å². The lowest BCUT2D eigenvalue weighted by Crippen LogP contribution is -2.06. The molecule has 6 heteroatoms. The first-order chi connectivity index (χ1) is 13.0. The highest BCUT2D eigenvalue weighted by atomic mass is 19.4. The Hall–Kier alpha value is -3.02. The maximum Gasteiger partial charge on any atom is 0.416 e. The minimum Gasteiger partial charge on any atom is -0.486 e. The van der Waals surface area contributed by atoms with E-state index >= 15 is 0 Å². The third kappa shape index (κ3) is 3.35. The summed E-state index contributed by atoms with van der Waals surface area (Å²) < 4.78 is 46.6. The fraction of sp³-hybridized carbons (Fsp3) is 0.190. The van der Waals surface area contributed by atoms with Gasteiger partial charge in [-0.2, -0.15) is 13.2 Å². The van der Waals surface area contributed by atoms with Gasteiger partial charge in [0.25, 0.3) is 0 Å². The molecule has 0 saturated carbocycles. The molecule has 138 valence electrons. The Kier molecular flexibility index (Phi) is 4.26. The first-order valence-corrected chi connectivity index (χ1v) is 8.63. The van der Waals surface area contributed by atoms with Crippen molar-refractivity contribution in [3.8, 4) is 5.75 Å². The topological polar surface area (TPSA) is 27.1 Å². The molecular formula is C21H17F3N2O. The van der Waals surface area contributed by atoms with Crippen molar-refractivity contribution in [2.75, 3.05) is 0 Å². The Bertz CT molecular complexity index is 1120. The van der Waals surface area contributed by atoms with Gasteiger partial charge in [0.1, 0.15) is 18.2 Å². The van der Waals surface area contributed by atoms with Crippen molar-refractivity contribution in [2.24, 2.45) is 0 Å². The van der Waals surface area contributed by atoms with Gasteiger partial charge in [0.2, 0.25) is 0 Å². The molecule has 0 unspecified atom stereocenters. The molecule has 0 aliphatic carbocycles. The van der Waals surface area contributed by atoms with Gasteiger partial charge >= 0.3 is 6.18 Å². The number of halogens is 3. The van der Waals surface area contributed by atoms with Gasteiger partial charge in [0.05, 0.1) is 16.6 Å². The predicted octanol–water partition coefficient (Wildman–Crippen LogP) is 5.81. The molecule has 0 aliphatic rings. The molecule has 0 atom stereocenters. The molecule has 1 aromatic heterocycles. The maximum atomic E-state index is 12.9. The lowest BCUT2D eigenvalue weighted by Gasteiger charge is -2.09. The zero-order valence-electron chi connectivity index (χ0n) is 14.6. The van der Waals surface area contributed by atoms with Crippen LogP contribution in [-0.4, -0.2) is 9.55 Å². The van der Waals surface area contributed by atoms with Gasteiger partial charge in [-0.1, -0.05) is 30.3 Å². The average Bonchev–Trinajstić information content (AvgIpc) is 3.02. The highest BCUT2D eigenvalue weighted by molar-refractivity contribution is 5.83. The van der Waals surface area contributed by atoms with Crippen molar-refractivity contribution in [3.05, 3.63) is 72.1 Å². The van der Waals surface area contributed by atoms with Crippen LogP contribution < -0.4 is 4.74 Å². The van der Waals surface area contributed by atoms with E-state index in [-0.39, 0.29) is 6.61 Å². The van der Waals surface area contributed by atoms with E-state index in [1.807, 2.05) is 54.0 Å². The highest BCUT2D eigenvalue weighted by Crippen LogP contribution is 2.31. The van der Waals surface area contributed by atoms with Gasteiger partial charge in [-0.3, -0.25) is 0 Å². The highest BCUT2D eigenvalue weighted by Gasteiger charge is 2.31. The SMILES string of the molecule is CCn1c(COc2ccc3ccccc3c2)nc2cc(C(F)(F)F)ccc21. The second kappa shape index (κ2) is 6.61. The molecule has 27 heavy (non-hydrogen) atoms. The zero-order chi connectivity index (χ0) is 19.0. The van der Waals surface area contributed by atoms with Gasteiger partial charge in [-0.25, -0.2) is 4.98 Å². The number of nitrogens with zero attached hydrogens (tertiary/aromatic N) is 2. The molecule has 3 aromatic carbocycles. The van der Waals surface area contributed by atoms with Crippen LogP contribution in [0.3, 0.4) is 0 Å². The largest absolute Gasteiger partial charge is 0.486 e. The Morgan fingerprint density at radius 3 is 2.48 bits per heavy atom. The number of aryl methyl sites for hydroxylation is 1. The van der Waals surface area contributed by atoms with E-state index in [4.69, 9.17) is 4.74 Å². The number of imidazole rings is 1. The van der Waals surface area contributed by atoms with Crippen LogP contribution in [0, 0.1) is 0 Å². The molecule has 0 fully saturated rings. The predicted molar refractivity (Wildman–Crippen MR) is 98.7 cm³/mol. The number of alkyl halides is 3. The van der Waals surface area contributed by atoms with Gasteiger partial charge in [0.15, 0.2) is 0 Å².